The number of carbonyl (C=O) groups excluding carboxylic acids is 4. The van der Waals surface area contributed by atoms with E-state index in [1.807, 2.05) is 0 Å². The molecule has 2 aliphatic rings. The predicted octanol–water partition coefficient (Wildman–Crippen LogP) is 1.99. The van der Waals surface area contributed by atoms with Gasteiger partial charge < -0.3 is 15.1 Å². The summed E-state index contributed by atoms with van der Waals surface area (Å²) in [4.78, 5) is 64.8. The van der Waals surface area contributed by atoms with Crippen molar-refractivity contribution in [3.8, 4) is 10.6 Å². The first-order valence-corrected chi connectivity index (χ1v) is 11.4. The van der Waals surface area contributed by atoms with Crippen molar-refractivity contribution in [3.05, 3.63) is 28.9 Å². The predicted molar refractivity (Wildman–Crippen MR) is 122 cm³/mol. The van der Waals surface area contributed by atoms with Crippen molar-refractivity contribution in [2.75, 3.05) is 25.5 Å². The number of pyridine rings is 1. The number of likely N-dealkylation sites (N-methyl/N-ethyl adjacent to an activating group) is 1. The number of aliphatic imine (C=N–C) groups is 1. The van der Waals surface area contributed by atoms with Gasteiger partial charge in [0.2, 0.25) is 5.91 Å². The summed E-state index contributed by atoms with van der Waals surface area (Å²) in [5.41, 5.74) is -0.664. The van der Waals surface area contributed by atoms with Crippen molar-refractivity contribution in [2.24, 2.45) is 4.99 Å². The molecule has 0 radical (unpaired) electrons. The first kappa shape index (κ1) is 25.2. The zero-order chi connectivity index (χ0) is 26.4. The fourth-order valence-corrected chi connectivity index (χ4v) is 4.66. The maximum Gasteiger partial charge on any atom is 0.433 e. The molecule has 1 saturated heterocycles. The van der Waals surface area contributed by atoms with E-state index in [1.54, 1.807) is 0 Å². The van der Waals surface area contributed by atoms with Gasteiger partial charge >= 0.3 is 12.2 Å². The van der Waals surface area contributed by atoms with Crippen LogP contribution < -0.4 is 5.32 Å². The second kappa shape index (κ2) is 9.29. The van der Waals surface area contributed by atoms with Crippen molar-refractivity contribution in [2.45, 2.75) is 32.2 Å². The van der Waals surface area contributed by atoms with E-state index in [0.29, 0.717) is 10.6 Å². The first-order chi connectivity index (χ1) is 16.9. The second-order valence-electron chi connectivity index (χ2n) is 8.29. The summed E-state index contributed by atoms with van der Waals surface area (Å²) in [5.74, 6) is -1.37. The number of halogens is 3. The lowest BCUT2D eigenvalue weighted by molar-refractivity contribution is -0.141. The Balaban J connectivity index is 1.43. The minimum atomic E-state index is -4.56. The minimum absolute atomic E-state index is 0.0527. The van der Waals surface area contributed by atoms with Crippen LogP contribution in [0.1, 0.15) is 18.2 Å². The number of hydrogen-bond donors (Lipinski definition) is 1. The topological polar surface area (TPSA) is 128 Å². The molecule has 0 aromatic carbocycles. The van der Waals surface area contributed by atoms with Gasteiger partial charge in [-0.3, -0.25) is 24.3 Å². The number of carbonyl (C=O) groups is 4. The molecule has 4 rings (SSSR count). The van der Waals surface area contributed by atoms with Crippen LogP contribution in [0.5, 0.6) is 0 Å². The number of nitrogens with zero attached hydrogens (tertiary/aromatic N) is 6. The van der Waals surface area contributed by atoms with Crippen LogP contribution in [0.4, 0.5) is 23.8 Å². The molecule has 0 saturated carbocycles. The molecule has 1 N–H and O–H groups in total. The van der Waals surface area contributed by atoms with Crippen LogP contribution >= 0.6 is 11.3 Å². The Morgan fingerprint density at radius 1 is 1.22 bits per heavy atom. The van der Waals surface area contributed by atoms with Crippen LogP contribution in [-0.2, 0) is 20.6 Å². The highest BCUT2D eigenvalue weighted by molar-refractivity contribution is 7.13. The second-order valence-corrected chi connectivity index (χ2v) is 9.15. The molecule has 36 heavy (non-hydrogen) atoms. The van der Waals surface area contributed by atoms with Gasteiger partial charge in [-0.15, -0.1) is 11.3 Å². The summed E-state index contributed by atoms with van der Waals surface area (Å²) in [5, 5.41) is 4.46. The standard InChI is InChI=1S/C21H20F3N7O4S/c1-10-4-12(5-25-16(10)21(22,23)24)18-28-13(8-36-18)27-14(33)7-30-9-26-17-15(30)19(34)31(6-11(2)32)20(35)29(17)3/h4-5,8-9,15,17H,6-7H2,1-3H3,(H,27,33). The average Bonchev–Trinajstić information content (AvgIpc) is 3.41. The minimum Gasteiger partial charge on any atom is -0.338 e. The van der Waals surface area contributed by atoms with Crippen LogP contribution in [0, 0.1) is 6.92 Å². The Morgan fingerprint density at radius 3 is 2.58 bits per heavy atom. The molecule has 2 atom stereocenters. The molecule has 0 bridgehead atoms. The smallest absolute Gasteiger partial charge is 0.338 e. The SMILES string of the molecule is CC(=O)CN1C(=O)C2C(N=CN2CC(=O)Nc2csc(-c3cnc(C(F)(F)F)c(C)c3)n2)N(C)C1=O. The molecule has 1 fully saturated rings. The van der Waals surface area contributed by atoms with Gasteiger partial charge in [0.15, 0.2) is 12.2 Å². The maximum absolute atomic E-state index is 12.9. The van der Waals surface area contributed by atoms with E-state index >= 15 is 0 Å². The van der Waals surface area contributed by atoms with Crippen LogP contribution in [0.3, 0.4) is 0 Å². The van der Waals surface area contributed by atoms with E-state index in [-0.39, 0.29) is 30.3 Å². The third-order valence-corrected chi connectivity index (χ3v) is 6.42. The summed E-state index contributed by atoms with van der Waals surface area (Å²) in [6.07, 6.45) is -3.02. The summed E-state index contributed by atoms with van der Waals surface area (Å²) >= 11 is 1.11. The molecule has 2 aliphatic heterocycles. The van der Waals surface area contributed by atoms with Crippen LogP contribution in [0.15, 0.2) is 22.6 Å². The lowest BCUT2D eigenvalue weighted by Crippen LogP contribution is -2.65. The van der Waals surface area contributed by atoms with Crippen molar-refractivity contribution in [1.29, 1.82) is 0 Å². The Bertz CT molecular complexity index is 1280. The largest absolute Gasteiger partial charge is 0.433 e. The summed E-state index contributed by atoms with van der Waals surface area (Å²) in [6, 6.07) is -0.298. The van der Waals surface area contributed by atoms with Crippen molar-refractivity contribution in [1.82, 2.24) is 24.7 Å². The number of nitrogens with one attached hydrogen (secondary N) is 1. The Hall–Kier alpha value is -3.88. The molecule has 190 valence electrons. The fraction of sp³-hybridized carbons (Fsp3) is 0.381. The summed E-state index contributed by atoms with van der Waals surface area (Å²) < 4.78 is 38.8. The van der Waals surface area contributed by atoms with Gasteiger partial charge in [-0.2, -0.15) is 13.2 Å². The zero-order valence-corrected chi connectivity index (χ0v) is 20.1. The highest BCUT2D eigenvalue weighted by atomic mass is 32.1. The van der Waals surface area contributed by atoms with Crippen LogP contribution in [0.2, 0.25) is 0 Å². The molecule has 15 heteroatoms. The molecule has 4 amide bonds. The quantitative estimate of drug-likeness (QED) is 0.613. The third-order valence-electron chi connectivity index (χ3n) is 5.53. The number of Topliss-reactive ketones (excluding diaryl/α,β-unsaturated/α-hetero) is 1. The molecule has 0 aliphatic carbocycles. The van der Waals surface area contributed by atoms with Crippen LogP contribution in [-0.4, -0.2) is 87.0 Å². The Kier molecular flexibility index (Phi) is 6.51. The molecule has 2 aromatic heterocycles. The average molecular weight is 523 g/mol. The Morgan fingerprint density at radius 2 is 1.94 bits per heavy atom. The number of aryl methyl sites for hydroxylation is 1. The van der Waals surface area contributed by atoms with E-state index in [2.05, 4.69) is 20.3 Å². The lowest BCUT2D eigenvalue weighted by atomic mass is 10.1. The molecule has 0 spiro atoms. The number of fused-ring (bicyclic) bond motifs is 1. The highest BCUT2D eigenvalue weighted by Crippen LogP contribution is 2.33. The van der Waals surface area contributed by atoms with E-state index in [9.17, 15) is 32.3 Å². The van der Waals surface area contributed by atoms with Gasteiger partial charge in [0.1, 0.15) is 22.3 Å². The number of rotatable bonds is 6. The van der Waals surface area contributed by atoms with E-state index < -0.39 is 41.9 Å². The van der Waals surface area contributed by atoms with E-state index in [1.165, 1.54) is 48.5 Å². The number of imide groups is 1. The normalized spacial score (nSPS) is 19.7. The Labute approximate surface area is 206 Å². The third kappa shape index (κ3) is 4.78. The van der Waals surface area contributed by atoms with Gasteiger partial charge in [-0.25, -0.2) is 14.8 Å². The molecular formula is C21H20F3N7O4S. The summed E-state index contributed by atoms with van der Waals surface area (Å²) in [6.45, 7) is 1.88. The van der Waals surface area contributed by atoms with E-state index in [4.69, 9.17) is 0 Å². The number of anilines is 1. The highest BCUT2D eigenvalue weighted by Gasteiger charge is 2.50. The molecule has 2 unspecified atom stereocenters. The van der Waals surface area contributed by atoms with Crippen molar-refractivity contribution in [3.63, 3.8) is 0 Å². The van der Waals surface area contributed by atoms with Gasteiger partial charge in [0.25, 0.3) is 5.91 Å². The van der Waals surface area contributed by atoms with Gasteiger partial charge in [-0.1, -0.05) is 0 Å². The first-order valence-electron chi connectivity index (χ1n) is 10.5. The van der Waals surface area contributed by atoms with Crippen molar-refractivity contribution >= 4 is 47.1 Å². The molecule has 4 heterocycles. The number of amides is 4. The number of urea groups is 1. The number of hydrogen-bond acceptors (Lipinski definition) is 9. The number of ketones is 1. The fourth-order valence-electron chi connectivity index (χ4n) is 3.93. The number of thiazole rings is 1. The lowest BCUT2D eigenvalue weighted by Gasteiger charge is -2.40. The van der Waals surface area contributed by atoms with Gasteiger partial charge in [0.05, 0.1) is 19.4 Å². The van der Waals surface area contributed by atoms with Crippen LogP contribution in [0.25, 0.3) is 10.6 Å². The van der Waals surface area contributed by atoms with Crippen molar-refractivity contribution < 1.29 is 32.3 Å². The number of alkyl halides is 3. The van der Waals surface area contributed by atoms with E-state index in [0.717, 1.165) is 22.4 Å². The monoisotopic (exact) mass is 523 g/mol. The van der Waals surface area contributed by atoms with Gasteiger partial charge in [0, 0.05) is 24.2 Å². The maximum atomic E-state index is 12.9. The number of aromatic nitrogens is 2. The molecule has 2 aromatic rings. The molecular weight excluding hydrogens is 503 g/mol. The zero-order valence-electron chi connectivity index (χ0n) is 19.2. The molecule has 11 nitrogen and oxygen atoms in total. The summed E-state index contributed by atoms with van der Waals surface area (Å²) in [7, 11) is 1.45. The van der Waals surface area contributed by atoms with Gasteiger partial charge in [-0.05, 0) is 25.5 Å².